The predicted octanol–water partition coefficient (Wildman–Crippen LogP) is 5.48. The van der Waals surface area contributed by atoms with Crippen molar-refractivity contribution in [1.29, 1.82) is 0 Å². The van der Waals surface area contributed by atoms with E-state index in [4.69, 9.17) is 4.98 Å². The number of carbonyl (C=O) groups is 1. The molecule has 0 spiro atoms. The van der Waals surface area contributed by atoms with Crippen molar-refractivity contribution in [2.45, 2.75) is 34.1 Å². The second kappa shape index (κ2) is 7.24. The molecule has 0 atom stereocenters. The topological polar surface area (TPSA) is 46.4 Å². The van der Waals surface area contributed by atoms with Crippen LogP contribution >= 0.6 is 11.3 Å². The number of fused-ring (bicyclic) bond motifs is 1. The Morgan fingerprint density at radius 1 is 1.04 bits per heavy atom. The van der Waals surface area contributed by atoms with Gasteiger partial charge in [0.05, 0.1) is 12.1 Å². The molecule has 0 saturated heterocycles. The van der Waals surface area contributed by atoms with Gasteiger partial charge in [-0.3, -0.25) is 9.20 Å². The van der Waals surface area contributed by atoms with Crippen molar-refractivity contribution in [2.75, 3.05) is 5.32 Å². The molecule has 4 nitrogen and oxygen atoms in total. The molecular formula is C23H23N3OS. The van der Waals surface area contributed by atoms with Crippen LogP contribution in [-0.4, -0.2) is 15.3 Å². The number of benzene rings is 2. The minimum Gasteiger partial charge on any atom is -0.325 e. The lowest BCUT2D eigenvalue weighted by Gasteiger charge is -2.12. The number of nitrogens with one attached hydrogen (secondary N) is 1. The van der Waals surface area contributed by atoms with Crippen molar-refractivity contribution in [3.05, 3.63) is 75.9 Å². The molecule has 0 radical (unpaired) electrons. The fourth-order valence-corrected chi connectivity index (χ4v) is 4.42. The van der Waals surface area contributed by atoms with E-state index in [1.807, 2.05) is 29.8 Å². The molecule has 2 heterocycles. The Bertz CT molecular complexity index is 1150. The Hall–Kier alpha value is -2.92. The van der Waals surface area contributed by atoms with Gasteiger partial charge in [0.2, 0.25) is 5.91 Å². The van der Waals surface area contributed by atoms with Gasteiger partial charge >= 0.3 is 0 Å². The van der Waals surface area contributed by atoms with Crippen LogP contribution in [0.2, 0.25) is 0 Å². The number of imidazole rings is 1. The van der Waals surface area contributed by atoms with Gasteiger partial charge in [-0.2, -0.15) is 0 Å². The zero-order valence-electron chi connectivity index (χ0n) is 16.5. The van der Waals surface area contributed by atoms with E-state index in [0.29, 0.717) is 6.42 Å². The lowest BCUT2D eigenvalue weighted by Crippen LogP contribution is -2.17. The standard InChI is InChI=1S/C23H23N3OS/c1-14-5-7-18(8-6-14)20-12-26-19(13-28-23(26)24-20)11-21(27)25-22-16(3)9-15(2)10-17(22)4/h5-10,12-13H,11H2,1-4H3,(H,25,27). The molecule has 4 rings (SSSR count). The van der Waals surface area contributed by atoms with E-state index in [1.165, 1.54) is 11.1 Å². The van der Waals surface area contributed by atoms with Crippen molar-refractivity contribution < 1.29 is 4.79 Å². The SMILES string of the molecule is Cc1ccc(-c2cn3c(CC(=O)Nc4c(C)cc(C)cc4C)csc3n2)cc1. The molecule has 1 N–H and O–H groups in total. The fraction of sp³-hybridized carbons (Fsp3) is 0.217. The smallest absolute Gasteiger partial charge is 0.230 e. The van der Waals surface area contributed by atoms with Gasteiger partial charge in [0.25, 0.3) is 0 Å². The van der Waals surface area contributed by atoms with E-state index < -0.39 is 0 Å². The van der Waals surface area contributed by atoms with E-state index in [1.54, 1.807) is 11.3 Å². The van der Waals surface area contributed by atoms with Crippen LogP contribution in [-0.2, 0) is 11.2 Å². The number of nitrogens with zero attached hydrogens (tertiary/aromatic N) is 2. The fourth-order valence-electron chi connectivity index (χ4n) is 3.55. The molecule has 0 unspecified atom stereocenters. The Morgan fingerprint density at radius 2 is 1.71 bits per heavy atom. The maximum absolute atomic E-state index is 12.7. The number of aromatic nitrogens is 2. The maximum Gasteiger partial charge on any atom is 0.230 e. The summed E-state index contributed by atoms with van der Waals surface area (Å²) >= 11 is 1.56. The summed E-state index contributed by atoms with van der Waals surface area (Å²) in [5.74, 6) is -0.0136. The molecule has 0 aliphatic rings. The summed E-state index contributed by atoms with van der Waals surface area (Å²) in [5.41, 5.74) is 8.48. The van der Waals surface area contributed by atoms with Crippen LogP contribution in [0.5, 0.6) is 0 Å². The molecule has 28 heavy (non-hydrogen) atoms. The zero-order valence-corrected chi connectivity index (χ0v) is 17.4. The number of rotatable bonds is 4. The molecule has 0 aliphatic carbocycles. The van der Waals surface area contributed by atoms with Crippen LogP contribution in [0.1, 0.15) is 27.9 Å². The van der Waals surface area contributed by atoms with Crippen molar-refractivity contribution in [1.82, 2.24) is 9.38 Å². The highest BCUT2D eigenvalue weighted by atomic mass is 32.1. The van der Waals surface area contributed by atoms with Gasteiger partial charge in [-0.1, -0.05) is 47.5 Å². The predicted molar refractivity (Wildman–Crippen MR) is 116 cm³/mol. The van der Waals surface area contributed by atoms with Crippen LogP contribution in [0.3, 0.4) is 0 Å². The highest BCUT2D eigenvalue weighted by molar-refractivity contribution is 7.15. The number of hydrogen-bond acceptors (Lipinski definition) is 3. The Labute approximate surface area is 168 Å². The number of hydrogen-bond donors (Lipinski definition) is 1. The van der Waals surface area contributed by atoms with Crippen LogP contribution in [0.4, 0.5) is 5.69 Å². The molecule has 5 heteroatoms. The molecule has 0 aliphatic heterocycles. The number of anilines is 1. The van der Waals surface area contributed by atoms with Gasteiger partial charge in [-0.05, 0) is 38.8 Å². The van der Waals surface area contributed by atoms with Crippen LogP contribution in [0, 0.1) is 27.7 Å². The third kappa shape index (κ3) is 3.58. The van der Waals surface area contributed by atoms with Gasteiger partial charge in [0.1, 0.15) is 0 Å². The first-order valence-electron chi connectivity index (χ1n) is 9.31. The third-order valence-corrected chi connectivity index (χ3v) is 5.80. The molecule has 1 amide bonds. The van der Waals surface area contributed by atoms with Gasteiger partial charge in [0.15, 0.2) is 4.96 Å². The normalized spacial score (nSPS) is 11.1. The molecule has 0 bridgehead atoms. The zero-order chi connectivity index (χ0) is 19.8. The van der Waals surface area contributed by atoms with Crippen molar-refractivity contribution in [2.24, 2.45) is 0 Å². The van der Waals surface area contributed by atoms with Gasteiger partial charge < -0.3 is 5.32 Å². The minimum absolute atomic E-state index is 0.0136. The molecule has 2 aromatic heterocycles. The van der Waals surface area contributed by atoms with Gasteiger partial charge in [-0.15, -0.1) is 11.3 Å². The average Bonchev–Trinajstić information content (AvgIpc) is 3.21. The number of aryl methyl sites for hydroxylation is 4. The molecule has 0 fully saturated rings. The second-order valence-corrected chi connectivity index (χ2v) is 8.21. The Kier molecular flexibility index (Phi) is 4.77. The molecule has 4 aromatic rings. The third-order valence-electron chi connectivity index (χ3n) is 4.91. The van der Waals surface area contributed by atoms with E-state index in [9.17, 15) is 4.79 Å². The van der Waals surface area contributed by atoms with E-state index in [2.05, 4.69) is 55.6 Å². The lowest BCUT2D eigenvalue weighted by molar-refractivity contribution is -0.115. The largest absolute Gasteiger partial charge is 0.325 e. The van der Waals surface area contributed by atoms with Crippen LogP contribution in [0.15, 0.2) is 48.0 Å². The van der Waals surface area contributed by atoms with E-state index >= 15 is 0 Å². The summed E-state index contributed by atoms with van der Waals surface area (Å²) in [4.78, 5) is 18.3. The van der Waals surface area contributed by atoms with Gasteiger partial charge in [0, 0.05) is 28.5 Å². The lowest BCUT2D eigenvalue weighted by atomic mass is 10.0. The van der Waals surface area contributed by atoms with E-state index in [0.717, 1.165) is 38.7 Å². The van der Waals surface area contributed by atoms with Crippen molar-refractivity contribution in [3.8, 4) is 11.3 Å². The summed E-state index contributed by atoms with van der Waals surface area (Å²) in [6.07, 6.45) is 2.33. The number of thiazole rings is 1. The van der Waals surface area contributed by atoms with Crippen LogP contribution < -0.4 is 5.32 Å². The summed E-state index contributed by atoms with van der Waals surface area (Å²) < 4.78 is 2.02. The first kappa shape index (κ1) is 18.4. The quantitative estimate of drug-likeness (QED) is 0.502. The summed E-state index contributed by atoms with van der Waals surface area (Å²) in [6, 6.07) is 12.5. The van der Waals surface area contributed by atoms with E-state index in [-0.39, 0.29) is 5.91 Å². The summed E-state index contributed by atoms with van der Waals surface area (Å²) in [6.45, 7) is 8.20. The first-order valence-corrected chi connectivity index (χ1v) is 10.2. The van der Waals surface area contributed by atoms with Gasteiger partial charge in [-0.25, -0.2) is 4.98 Å². The second-order valence-electron chi connectivity index (χ2n) is 7.37. The summed E-state index contributed by atoms with van der Waals surface area (Å²) in [7, 11) is 0. The van der Waals surface area contributed by atoms with Crippen LogP contribution in [0.25, 0.3) is 16.2 Å². The maximum atomic E-state index is 12.7. The highest BCUT2D eigenvalue weighted by Gasteiger charge is 2.14. The molecular weight excluding hydrogens is 366 g/mol. The molecule has 142 valence electrons. The molecule has 0 saturated carbocycles. The monoisotopic (exact) mass is 389 g/mol. The Balaban J connectivity index is 1.56. The average molecular weight is 390 g/mol. The van der Waals surface area contributed by atoms with Crippen molar-refractivity contribution in [3.63, 3.8) is 0 Å². The first-order chi connectivity index (χ1) is 13.4. The Morgan fingerprint density at radius 3 is 2.39 bits per heavy atom. The summed E-state index contributed by atoms with van der Waals surface area (Å²) in [5, 5.41) is 5.09. The van der Waals surface area contributed by atoms with Crippen molar-refractivity contribution >= 4 is 27.9 Å². The minimum atomic E-state index is -0.0136. The molecule has 2 aromatic carbocycles. The number of carbonyl (C=O) groups excluding carboxylic acids is 1. The highest BCUT2D eigenvalue weighted by Crippen LogP contribution is 2.25. The number of amides is 1.